The molecule has 0 aromatic carbocycles. The van der Waals surface area contributed by atoms with E-state index >= 15 is 4.39 Å². The smallest absolute Gasteiger partial charge is 0.305 e. The molecule has 0 unspecified atom stereocenters. The summed E-state index contributed by atoms with van der Waals surface area (Å²) in [6.45, 7) is 5.86. The van der Waals surface area contributed by atoms with Gasteiger partial charge in [0.05, 0.1) is 6.10 Å². The molecule has 0 aliphatic heterocycles. The summed E-state index contributed by atoms with van der Waals surface area (Å²) >= 11 is 0. The predicted octanol–water partition coefficient (Wildman–Crippen LogP) is 3.93. The first-order chi connectivity index (χ1) is 13.3. The van der Waals surface area contributed by atoms with E-state index in [2.05, 4.69) is 6.92 Å². The molecule has 5 heteroatoms. The summed E-state index contributed by atoms with van der Waals surface area (Å²) in [5.41, 5.74) is -0.388. The van der Waals surface area contributed by atoms with Crippen molar-refractivity contribution in [3.63, 3.8) is 0 Å². The molecule has 4 aliphatic carbocycles. The van der Waals surface area contributed by atoms with E-state index in [0.29, 0.717) is 24.8 Å². The van der Waals surface area contributed by atoms with E-state index in [1.807, 2.05) is 13.0 Å². The Labute approximate surface area is 166 Å². The monoisotopic (exact) mass is 390 g/mol. The molecule has 0 saturated heterocycles. The molecule has 0 spiro atoms. The number of esters is 1. The lowest BCUT2D eigenvalue weighted by atomic mass is 9.46. The van der Waals surface area contributed by atoms with Crippen LogP contribution in [0.5, 0.6) is 0 Å². The zero-order valence-electron chi connectivity index (χ0n) is 17.0. The average Bonchev–Trinajstić information content (AvgIpc) is 3.01. The maximum Gasteiger partial charge on any atom is 0.305 e. The number of carbonyl (C=O) groups excluding carboxylic acids is 2. The van der Waals surface area contributed by atoms with Gasteiger partial charge >= 0.3 is 5.97 Å². The van der Waals surface area contributed by atoms with Gasteiger partial charge in [0, 0.05) is 23.2 Å². The average molecular weight is 390 g/mol. The summed E-state index contributed by atoms with van der Waals surface area (Å²) in [6.07, 6.45) is 6.54. The molecular weight excluding hydrogens is 359 g/mol. The zero-order chi connectivity index (χ0) is 20.3. The van der Waals surface area contributed by atoms with Crippen LogP contribution < -0.4 is 0 Å². The molecule has 1 N–H and O–H groups in total. The first kappa shape index (κ1) is 19.8. The van der Waals surface area contributed by atoms with E-state index in [9.17, 15) is 14.7 Å². The van der Waals surface area contributed by atoms with Gasteiger partial charge in [-0.05, 0) is 61.7 Å². The van der Waals surface area contributed by atoms with Gasteiger partial charge in [-0.3, -0.25) is 9.59 Å². The Morgan fingerprint density at radius 1 is 1.36 bits per heavy atom. The predicted molar refractivity (Wildman–Crippen MR) is 103 cm³/mol. The largest absolute Gasteiger partial charge is 0.462 e. The highest BCUT2D eigenvalue weighted by Gasteiger charge is 2.64. The molecule has 4 nitrogen and oxygen atoms in total. The van der Waals surface area contributed by atoms with Crippen molar-refractivity contribution in [2.24, 2.45) is 28.6 Å². The third kappa shape index (κ3) is 2.65. The lowest BCUT2D eigenvalue weighted by molar-refractivity contribution is -0.173. The van der Waals surface area contributed by atoms with E-state index < -0.39 is 17.7 Å². The quantitative estimate of drug-likeness (QED) is 0.742. The highest BCUT2D eigenvalue weighted by atomic mass is 19.1. The van der Waals surface area contributed by atoms with Gasteiger partial charge in [-0.15, -0.1) is 0 Å². The number of ketones is 1. The molecule has 0 bridgehead atoms. The van der Waals surface area contributed by atoms with Crippen LogP contribution >= 0.6 is 0 Å². The summed E-state index contributed by atoms with van der Waals surface area (Å²) < 4.78 is 21.1. The molecule has 3 saturated carbocycles. The summed E-state index contributed by atoms with van der Waals surface area (Å²) in [5, 5.41) is 11.3. The topological polar surface area (TPSA) is 63.6 Å². The number of hydrogen-bond acceptors (Lipinski definition) is 4. The zero-order valence-corrected chi connectivity index (χ0v) is 17.0. The highest BCUT2D eigenvalue weighted by Crippen LogP contribution is 2.66. The summed E-state index contributed by atoms with van der Waals surface area (Å²) in [6, 6.07) is 0. The third-order valence-electron chi connectivity index (χ3n) is 8.34. The van der Waals surface area contributed by atoms with Crippen LogP contribution in [0.4, 0.5) is 4.39 Å². The van der Waals surface area contributed by atoms with Gasteiger partial charge in [-0.1, -0.05) is 26.8 Å². The molecule has 0 amide bonds. The number of alkyl halides is 1. The van der Waals surface area contributed by atoms with Crippen molar-refractivity contribution in [2.75, 3.05) is 0 Å². The molecule has 154 valence electrons. The minimum atomic E-state index is -1.17. The molecule has 8 atom stereocenters. The molecule has 4 aliphatic rings. The van der Waals surface area contributed by atoms with Crippen LogP contribution in [-0.4, -0.2) is 35.2 Å². The van der Waals surface area contributed by atoms with Gasteiger partial charge < -0.3 is 9.84 Å². The Kier molecular flexibility index (Phi) is 4.80. The van der Waals surface area contributed by atoms with Gasteiger partial charge in [0.2, 0.25) is 0 Å². The summed E-state index contributed by atoms with van der Waals surface area (Å²) in [4.78, 5) is 23.9. The second-order valence-electron chi connectivity index (χ2n) is 9.39. The van der Waals surface area contributed by atoms with E-state index in [-0.39, 0.29) is 41.0 Å². The SMILES string of the molecule is CCC(=O)O[C@@H]1CC[C@H]2[C@@H]3C[C@H](F)C4=CC(=O)C=C[C@]4(C)[C@H]3[C@@H](O)C[C@]12CC. The van der Waals surface area contributed by atoms with Crippen LogP contribution in [-0.2, 0) is 14.3 Å². The van der Waals surface area contributed by atoms with Crippen molar-refractivity contribution < 1.29 is 23.8 Å². The first-order valence-corrected chi connectivity index (χ1v) is 10.7. The Hall–Kier alpha value is -1.49. The Bertz CT molecular complexity index is 743. The summed E-state index contributed by atoms with van der Waals surface area (Å²) in [7, 11) is 0. The van der Waals surface area contributed by atoms with Crippen LogP contribution in [0.25, 0.3) is 0 Å². The fraction of sp³-hybridized carbons (Fsp3) is 0.739. The Morgan fingerprint density at radius 2 is 2.11 bits per heavy atom. The number of halogens is 1. The molecule has 3 fully saturated rings. The normalized spacial score (nSPS) is 47.0. The molecule has 0 radical (unpaired) electrons. The lowest BCUT2D eigenvalue weighted by Gasteiger charge is -2.59. The van der Waals surface area contributed by atoms with E-state index in [0.717, 1.165) is 19.3 Å². The van der Waals surface area contributed by atoms with Crippen LogP contribution in [0.15, 0.2) is 23.8 Å². The first-order valence-electron chi connectivity index (χ1n) is 10.7. The molecule has 28 heavy (non-hydrogen) atoms. The number of aliphatic hydroxyl groups excluding tert-OH is 1. The Balaban J connectivity index is 1.72. The maximum atomic E-state index is 15.3. The van der Waals surface area contributed by atoms with Crippen molar-refractivity contribution in [2.45, 2.75) is 77.7 Å². The maximum absolute atomic E-state index is 15.3. The standard InChI is InChI=1S/C23H31FO4/c1-4-20(27)28-19-7-6-15-14-11-17(24)16-10-13(25)8-9-22(16,3)21(14)18(26)12-23(15,19)5-2/h8-10,14-15,17-19,21,26H,4-7,11-12H2,1-3H3/t14-,15-,17-,18-,19+,21+,22-,23-/m0/s1. The van der Waals surface area contributed by atoms with Gasteiger partial charge in [0.15, 0.2) is 5.78 Å². The second kappa shape index (κ2) is 6.79. The van der Waals surface area contributed by atoms with Crippen molar-refractivity contribution >= 4 is 11.8 Å². The van der Waals surface area contributed by atoms with E-state index in [1.54, 1.807) is 6.92 Å². The van der Waals surface area contributed by atoms with E-state index in [1.165, 1.54) is 12.2 Å². The number of carbonyl (C=O) groups is 2. The fourth-order valence-corrected chi connectivity index (χ4v) is 7.13. The van der Waals surface area contributed by atoms with Crippen LogP contribution in [0, 0.1) is 28.6 Å². The third-order valence-corrected chi connectivity index (χ3v) is 8.34. The number of fused-ring (bicyclic) bond motifs is 5. The minimum absolute atomic E-state index is 0.0176. The number of hydrogen-bond donors (Lipinski definition) is 1. The highest BCUT2D eigenvalue weighted by molar-refractivity contribution is 6.01. The molecular formula is C23H31FO4. The molecule has 0 aromatic heterocycles. The number of ether oxygens (including phenoxy) is 1. The van der Waals surface area contributed by atoms with Gasteiger partial charge in [0.25, 0.3) is 0 Å². The van der Waals surface area contributed by atoms with Crippen molar-refractivity contribution in [3.8, 4) is 0 Å². The van der Waals surface area contributed by atoms with E-state index in [4.69, 9.17) is 4.74 Å². The second-order valence-corrected chi connectivity index (χ2v) is 9.39. The molecule has 0 heterocycles. The number of rotatable bonds is 3. The van der Waals surface area contributed by atoms with Crippen LogP contribution in [0.3, 0.4) is 0 Å². The fourth-order valence-electron chi connectivity index (χ4n) is 7.13. The van der Waals surface area contributed by atoms with Gasteiger partial charge in [-0.2, -0.15) is 0 Å². The van der Waals surface area contributed by atoms with Crippen molar-refractivity contribution in [3.05, 3.63) is 23.8 Å². The number of allylic oxidation sites excluding steroid dienone is 4. The molecule has 4 rings (SSSR count). The minimum Gasteiger partial charge on any atom is -0.462 e. The number of aliphatic hydroxyl groups is 1. The Morgan fingerprint density at radius 3 is 2.79 bits per heavy atom. The lowest BCUT2D eigenvalue weighted by Crippen LogP contribution is -2.59. The van der Waals surface area contributed by atoms with Crippen molar-refractivity contribution in [1.82, 2.24) is 0 Å². The van der Waals surface area contributed by atoms with Crippen LogP contribution in [0.1, 0.15) is 59.3 Å². The van der Waals surface area contributed by atoms with Crippen molar-refractivity contribution in [1.29, 1.82) is 0 Å². The van der Waals surface area contributed by atoms with Crippen LogP contribution in [0.2, 0.25) is 0 Å². The summed E-state index contributed by atoms with van der Waals surface area (Å²) in [5.74, 6) is -0.241. The molecule has 0 aromatic rings. The van der Waals surface area contributed by atoms with Gasteiger partial charge in [-0.25, -0.2) is 4.39 Å². The van der Waals surface area contributed by atoms with Gasteiger partial charge in [0.1, 0.15) is 12.3 Å².